The molecule has 0 spiro atoms. The Balaban J connectivity index is 2.76. The Morgan fingerprint density at radius 1 is 1.56 bits per heavy atom. The van der Waals surface area contributed by atoms with Crippen molar-refractivity contribution in [3.05, 3.63) is 33.8 Å². The third-order valence-electron chi connectivity index (χ3n) is 2.48. The van der Waals surface area contributed by atoms with Gasteiger partial charge in [-0.05, 0) is 31.0 Å². The number of hydrogen-bond donors (Lipinski definition) is 2. The molecule has 1 unspecified atom stereocenters. The Morgan fingerprint density at radius 3 is 2.75 bits per heavy atom. The number of halogens is 1. The highest BCUT2D eigenvalue weighted by Gasteiger charge is 2.11. The fourth-order valence-electron chi connectivity index (χ4n) is 1.28. The molecule has 16 heavy (non-hydrogen) atoms. The van der Waals surface area contributed by atoms with Crippen LogP contribution in [-0.4, -0.2) is 23.7 Å². The summed E-state index contributed by atoms with van der Waals surface area (Å²) < 4.78 is 0.914. The molecule has 1 aromatic rings. The topological polar surface area (TPSA) is 49.3 Å². The molecule has 88 valence electrons. The lowest BCUT2D eigenvalue weighted by molar-refractivity contribution is 0.0915. The standard InChI is InChI=1S/C12H16BrNO2/c1-3-10(7-15)14-12(16)9-5-4-8(2)11(13)6-9/h4-6,10,15H,3,7H2,1-2H3,(H,14,16). The fraction of sp³-hybridized carbons (Fsp3) is 0.417. The van der Waals surface area contributed by atoms with Crippen molar-refractivity contribution in [3.63, 3.8) is 0 Å². The number of nitrogens with one attached hydrogen (secondary N) is 1. The van der Waals surface area contributed by atoms with Crippen LogP contribution in [0.1, 0.15) is 29.3 Å². The van der Waals surface area contributed by atoms with Gasteiger partial charge in [0, 0.05) is 10.0 Å². The van der Waals surface area contributed by atoms with Gasteiger partial charge in [0.2, 0.25) is 0 Å². The summed E-state index contributed by atoms with van der Waals surface area (Å²) in [4.78, 5) is 11.8. The van der Waals surface area contributed by atoms with Gasteiger partial charge in [-0.3, -0.25) is 4.79 Å². The first-order valence-electron chi connectivity index (χ1n) is 5.26. The van der Waals surface area contributed by atoms with Crippen molar-refractivity contribution in [2.75, 3.05) is 6.61 Å². The smallest absolute Gasteiger partial charge is 0.251 e. The van der Waals surface area contributed by atoms with E-state index in [-0.39, 0.29) is 18.6 Å². The minimum atomic E-state index is -0.174. The van der Waals surface area contributed by atoms with Crippen molar-refractivity contribution in [3.8, 4) is 0 Å². The molecule has 0 radical (unpaired) electrons. The van der Waals surface area contributed by atoms with Crippen LogP contribution in [0.5, 0.6) is 0 Å². The summed E-state index contributed by atoms with van der Waals surface area (Å²) in [6.45, 7) is 3.86. The molecule has 3 nitrogen and oxygen atoms in total. The lowest BCUT2D eigenvalue weighted by Gasteiger charge is -2.14. The largest absolute Gasteiger partial charge is 0.394 e. The molecule has 1 amide bonds. The Labute approximate surface area is 104 Å². The molecule has 0 bridgehead atoms. The van der Waals surface area contributed by atoms with Gasteiger partial charge in [-0.2, -0.15) is 0 Å². The summed E-state index contributed by atoms with van der Waals surface area (Å²) in [5, 5.41) is 11.8. The van der Waals surface area contributed by atoms with Gasteiger partial charge in [-0.25, -0.2) is 0 Å². The zero-order valence-corrected chi connectivity index (χ0v) is 11.0. The Morgan fingerprint density at radius 2 is 2.25 bits per heavy atom. The summed E-state index contributed by atoms with van der Waals surface area (Å²) in [7, 11) is 0. The van der Waals surface area contributed by atoms with Crippen molar-refractivity contribution in [1.82, 2.24) is 5.32 Å². The number of amides is 1. The summed E-state index contributed by atoms with van der Waals surface area (Å²) in [6, 6.07) is 5.28. The van der Waals surface area contributed by atoms with Gasteiger partial charge in [-0.1, -0.05) is 28.9 Å². The highest BCUT2D eigenvalue weighted by atomic mass is 79.9. The normalized spacial score (nSPS) is 12.2. The van der Waals surface area contributed by atoms with E-state index in [1.165, 1.54) is 0 Å². The molecule has 1 rings (SSSR count). The first kappa shape index (κ1) is 13.2. The molecule has 1 atom stereocenters. The molecule has 1 aromatic carbocycles. The van der Waals surface area contributed by atoms with Gasteiger partial charge < -0.3 is 10.4 Å². The Hall–Kier alpha value is -0.870. The van der Waals surface area contributed by atoms with Crippen LogP contribution < -0.4 is 5.32 Å². The number of carbonyl (C=O) groups is 1. The maximum absolute atomic E-state index is 11.8. The van der Waals surface area contributed by atoms with Crippen LogP contribution in [0.2, 0.25) is 0 Å². The fourth-order valence-corrected chi connectivity index (χ4v) is 1.66. The summed E-state index contributed by atoms with van der Waals surface area (Å²) in [5.41, 5.74) is 1.69. The number of rotatable bonds is 4. The SMILES string of the molecule is CCC(CO)NC(=O)c1ccc(C)c(Br)c1. The summed E-state index contributed by atoms with van der Waals surface area (Å²) in [5.74, 6) is -0.151. The highest BCUT2D eigenvalue weighted by Crippen LogP contribution is 2.17. The van der Waals surface area contributed by atoms with Crippen LogP contribution in [0.4, 0.5) is 0 Å². The molecule has 2 N–H and O–H groups in total. The number of benzene rings is 1. The van der Waals surface area contributed by atoms with Crippen molar-refractivity contribution in [1.29, 1.82) is 0 Å². The second kappa shape index (κ2) is 6.01. The molecular formula is C12H16BrNO2. The lowest BCUT2D eigenvalue weighted by atomic mass is 10.1. The monoisotopic (exact) mass is 285 g/mol. The molecule has 0 saturated heterocycles. The Bertz CT molecular complexity index is 375. The predicted molar refractivity (Wildman–Crippen MR) is 67.5 cm³/mol. The number of aliphatic hydroxyl groups is 1. The van der Waals surface area contributed by atoms with Crippen LogP contribution in [0.3, 0.4) is 0 Å². The van der Waals surface area contributed by atoms with Crippen LogP contribution in [-0.2, 0) is 0 Å². The number of hydrogen-bond acceptors (Lipinski definition) is 2. The predicted octanol–water partition coefficient (Wildman–Crippen LogP) is 2.26. The van der Waals surface area contributed by atoms with Crippen LogP contribution in [0, 0.1) is 6.92 Å². The summed E-state index contributed by atoms with van der Waals surface area (Å²) >= 11 is 3.39. The second-order valence-electron chi connectivity index (χ2n) is 3.73. The van der Waals surface area contributed by atoms with Gasteiger partial charge in [0.1, 0.15) is 0 Å². The van der Waals surface area contributed by atoms with Crippen molar-refractivity contribution in [2.24, 2.45) is 0 Å². The van der Waals surface area contributed by atoms with Gasteiger partial charge in [-0.15, -0.1) is 0 Å². The third kappa shape index (κ3) is 3.32. The van der Waals surface area contributed by atoms with E-state index in [0.29, 0.717) is 5.56 Å². The first-order valence-corrected chi connectivity index (χ1v) is 6.05. The highest BCUT2D eigenvalue weighted by molar-refractivity contribution is 9.10. The van der Waals surface area contributed by atoms with E-state index in [1.807, 2.05) is 19.9 Å². The maximum atomic E-state index is 11.8. The molecule has 0 aliphatic carbocycles. The maximum Gasteiger partial charge on any atom is 0.251 e. The van der Waals surface area contributed by atoms with Gasteiger partial charge >= 0.3 is 0 Å². The van der Waals surface area contributed by atoms with Gasteiger partial charge in [0.25, 0.3) is 5.91 Å². The zero-order chi connectivity index (χ0) is 12.1. The second-order valence-corrected chi connectivity index (χ2v) is 4.58. The van der Waals surface area contributed by atoms with Gasteiger partial charge in [0.05, 0.1) is 12.6 Å². The van der Waals surface area contributed by atoms with Crippen molar-refractivity contribution in [2.45, 2.75) is 26.3 Å². The number of aryl methyl sites for hydroxylation is 1. The number of aliphatic hydroxyl groups excluding tert-OH is 1. The minimum Gasteiger partial charge on any atom is -0.394 e. The van der Waals surface area contributed by atoms with E-state index in [4.69, 9.17) is 5.11 Å². The quantitative estimate of drug-likeness (QED) is 0.892. The minimum absolute atomic E-state index is 0.0325. The van der Waals surface area contributed by atoms with Crippen LogP contribution in [0.25, 0.3) is 0 Å². The molecule has 4 heteroatoms. The van der Waals surface area contributed by atoms with Crippen molar-refractivity contribution >= 4 is 21.8 Å². The van der Waals surface area contributed by atoms with E-state index in [2.05, 4.69) is 21.2 Å². The van der Waals surface area contributed by atoms with Gasteiger partial charge in [0.15, 0.2) is 0 Å². The van der Waals surface area contributed by atoms with E-state index in [9.17, 15) is 4.79 Å². The van der Waals surface area contributed by atoms with E-state index < -0.39 is 0 Å². The molecule has 0 heterocycles. The van der Waals surface area contributed by atoms with E-state index >= 15 is 0 Å². The molecule has 0 aromatic heterocycles. The van der Waals surface area contributed by atoms with Crippen LogP contribution in [0.15, 0.2) is 22.7 Å². The molecule has 0 fully saturated rings. The molecule has 0 aliphatic heterocycles. The molecule has 0 aliphatic rings. The first-order chi connectivity index (χ1) is 7.58. The van der Waals surface area contributed by atoms with E-state index in [0.717, 1.165) is 16.5 Å². The third-order valence-corrected chi connectivity index (χ3v) is 3.34. The van der Waals surface area contributed by atoms with E-state index in [1.54, 1.807) is 12.1 Å². The lowest BCUT2D eigenvalue weighted by Crippen LogP contribution is -2.36. The van der Waals surface area contributed by atoms with Crippen molar-refractivity contribution < 1.29 is 9.90 Å². The number of carbonyl (C=O) groups excluding carboxylic acids is 1. The summed E-state index contributed by atoms with van der Waals surface area (Å²) in [6.07, 6.45) is 0.718. The molecule has 0 saturated carbocycles. The Kier molecular flexibility index (Phi) is 4.96. The average molecular weight is 286 g/mol. The zero-order valence-electron chi connectivity index (χ0n) is 9.46. The van der Waals surface area contributed by atoms with Crippen LogP contribution >= 0.6 is 15.9 Å². The average Bonchev–Trinajstić information content (AvgIpc) is 2.29. The molecular weight excluding hydrogens is 270 g/mol.